The molecule has 13 heavy (non-hydrogen) atoms. The Morgan fingerprint density at radius 3 is 2.54 bits per heavy atom. The van der Waals surface area contributed by atoms with E-state index in [0.717, 1.165) is 0 Å². The first-order valence-electron chi connectivity index (χ1n) is 4.50. The molecule has 76 valence electrons. The molecule has 0 aromatic heterocycles. The van der Waals surface area contributed by atoms with Crippen LogP contribution >= 0.6 is 0 Å². The normalized spacial score (nSPS) is 19.7. The highest BCUT2D eigenvalue weighted by molar-refractivity contribution is 5.71. The zero-order valence-corrected chi connectivity index (χ0v) is 8.42. The number of hydrogen-bond acceptors (Lipinski definition) is 4. The van der Waals surface area contributed by atoms with Gasteiger partial charge in [-0.3, -0.25) is 4.79 Å². The van der Waals surface area contributed by atoms with Crippen LogP contribution in [-0.4, -0.2) is 37.9 Å². The molecule has 0 saturated carbocycles. The number of carbonyl (C=O) groups excluding carboxylic acids is 1. The highest BCUT2D eigenvalue weighted by Gasteiger charge is 2.41. The lowest BCUT2D eigenvalue weighted by Crippen LogP contribution is -2.63. The number of carbonyl (C=O) groups is 1. The molecular weight excluding hydrogens is 170 g/mol. The fourth-order valence-corrected chi connectivity index (χ4v) is 1.55. The lowest BCUT2D eigenvalue weighted by atomic mass is 9.92. The molecule has 0 unspecified atom stereocenters. The fourth-order valence-electron chi connectivity index (χ4n) is 1.55. The SMILES string of the molecule is COC(=O)CC1(NC(C)C)COC1. The van der Waals surface area contributed by atoms with E-state index in [0.29, 0.717) is 25.7 Å². The van der Waals surface area contributed by atoms with Gasteiger partial charge in [0.25, 0.3) is 0 Å². The summed E-state index contributed by atoms with van der Waals surface area (Å²) in [4.78, 5) is 11.1. The molecule has 1 fully saturated rings. The van der Waals surface area contributed by atoms with E-state index in [4.69, 9.17) is 4.74 Å². The molecule has 1 saturated heterocycles. The molecule has 0 bridgehead atoms. The second-order valence-electron chi connectivity index (χ2n) is 3.83. The molecular formula is C9H17NO3. The summed E-state index contributed by atoms with van der Waals surface area (Å²) >= 11 is 0. The van der Waals surface area contributed by atoms with Crippen LogP contribution in [0.3, 0.4) is 0 Å². The van der Waals surface area contributed by atoms with Gasteiger partial charge in [-0.05, 0) is 0 Å². The van der Waals surface area contributed by atoms with Gasteiger partial charge in [-0.1, -0.05) is 13.8 Å². The molecule has 4 heteroatoms. The summed E-state index contributed by atoms with van der Waals surface area (Å²) in [6.45, 7) is 5.30. The van der Waals surface area contributed by atoms with Crippen molar-refractivity contribution in [2.75, 3.05) is 20.3 Å². The Morgan fingerprint density at radius 2 is 2.23 bits per heavy atom. The average Bonchev–Trinajstić information content (AvgIpc) is 1.99. The van der Waals surface area contributed by atoms with E-state index in [1.165, 1.54) is 7.11 Å². The van der Waals surface area contributed by atoms with Gasteiger partial charge >= 0.3 is 5.97 Å². The molecule has 0 amide bonds. The number of hydrogen-bond donors (Lipinski definition) is 1. The van der Waals surface area contributed by atoms with Gasteiger partial charge in [0, 0.05) is 6.04 Å². The molecule has 0 aromatic carbocycles. The predicted octanol–water partition coefficient (Wildman–Crippen LogP) is 0.316. The van der Waals surface area contributed by atoms with Crippen molar-refractivity contribution >= 4 is 5.97 Å². The van der Waals surface area contributed by atoms with Gasteiger partial charge < -0.3 is 14.8 Å². The summed E-state index contributed by atoms with van der Waals surface area (Å²) in [5.74, 6) is -0.184. The van der Waals surface area contributed by atoms with Gasteiger partial charge in [0.05, 0.1) is 32.3 Å². The average molecular weight is 187 g/mol. The van der Waals surface area contributed by atoms with Crippen molar-refractivity contribution in [3.63, 3.8) is 0 Å². The summed E-state index contributed by atoms with van der Waals surface area (Å²) in [5.41, 5.74) is -0.179. The number of esters is 1. The van der Waals surface area contributed by atoms with E-state index in [1.54, 1.807) is 0 Å². The highest BCUT2D eigenvalue weighted by atomic mass is 16.5. The van der Waals surface area contributed by atoms with Crippen molar-refractivity contribution in [2.45, 2.75) is 31.8 Å². The van der Waals surface area contributed by atoms with Crippen LogP contribution in [0, 0.1) is 0 Å². The van der Waals surface area contributed by atoms with Crippen molar-refractivity contribution in [3.05, 3.63) is 0 Å². The predicted molar refractivity (Wildman–Crippen MR) is 48.5 cm³/mol. The second kappa shape index (κ2) is 4.07. The minimum atomic E-state index is -0.184. The molecule has 1 aliphatic rings. The first-order chi connectivity index (χ1) is 6.08. The Labute approximate surface area is 78.6 Å². The minimum absolute atomic E-state index is 0.179. The molecule has 4 nitrogen and oxygen atoms in total. The van der Waals surface area contributed by atoms with E-state index in [1.807, 2.05) is 0 Å². The van der Waals surface area contributed by atoms with Crippen molar-refractivity contribution in [1.29, 1.82) is 0 Å². The summed E-state index contributed by atoms with van der Waals surface area (Å²) in [6, 6.07) is 0.355. The summed E-state index contributed by atoms with van der Waals surface area (Å²) in [6.07, 6.45) is 0.391. The van der Waals surface area contributed by atoms with Gasteiger partial charge in [0.15, 0.2) is 0 Å². The molecule has 1 aliphatic heterocycles. The maximum absolute atomic E-state index is 11.1. The largest absolute Gasteiger partial charge is 0.469 e. The molecule has 1 rings (SSSR count). The Balaban J connectivity index is 2.44. The number of nitrogens with one attached hydrogen (secondary N) is 1. The molecule has 1 N–H and O–H groups in total. The Kier molecular flexibility index (Phi) is 3.27. The third-order valence-electron chi connectivity index (χ3n) is 2.06. The first-order valence-corrected chi connectivity index (χ1v) is 4.50. The molecule has 0 atom stereocenters. The van der Waals surface area contributed by atoms with Gasteiger partial charge in [-0.2, -0.15) is 0 Å². The third-order valence-corrected chi connectivity index (χ3v) is 2.06. The zero-order valence-electron chi connectivity index (χ0n) is 8.42. The zero-order chi connectivity index (χ0) is 9.90. The quantitative estimate of drug-likeness (QED) is 0.644. The van der Waals surface area contributed by atoms with Crippen LogP contribution in [0.4, 0.5) is 0 Å². The minimum Gasteiger partial charge on any atom is -0.469 e. The molecule has 0 aromatic rings. The molecule has 1 heterocycles. The lowest BCUT2D eigenvalue weighted by molar-refractivity contribution is -0.150. The van der Waals surface area contributed by atoms with E-state index in [9.17, 15) is 4.79 Å². The van der Waals surface area contributed by atoms with E-state index in [2.05, 4.69) is 23.9 Å². The van der Waals surface area contributed by atoms with Crippen LogP contribution in [0.25, 0.3) is 0 Å². The highest BCUT2D eigenvalue weighted by Crippen LogP contribution is 2.22. The number of ether oxygens (including phenoxy) is 2. The van der Waals surface area contributed by atoms with Crippen LogP contribution in [-0.2, 0) is 14.3 Å². The van der Waals surface area contributed by atoms with Crippen LogP contribution in [0.5, 0.6) is 0 Å². The smallest absolute Gasteiger partial charge is 0.307 e. The molecule has 0 radical (unpaired) electrons. The summed E-state index contributed by atoms with van der Waals surface area (Å²) < 4.78 is 9.74. The fraction of sp³-hybridized carbons (Fsp3) is 0.889. The van der Waals surface area contributed by atoms with Crippen molar-refractivity contribution in [3.8, 4) is 0 Å². The second-order valence-corrected chi connectivity index (χ2v) is 3.83. The van der Waals surface area contributed by atoms with Crippen molar-refractivity contribution in [1.82, 2.24) is 5.32 Å². The van der Waals surface area contributed by atoms with Crippen LogP contribution in [0.2, 0.25) is 0 Å². The van der Waals surface area contributed by atoms with Crippen LogP contribution in [0.1, 0.15) is 20.3 Å². The monoisotopic (exact) mass is 187 g/mol. The first kappa shape index (κ1) is 10.5. The third kappa shape index (κ3) is 2.67. The molecule has 0 spiro atoms. The molecule has 0 aliphatic carbocycles. The van der Waals surface area contributed by atoms with E-state index < -0.39 is 0 Å². The van der Waals surface area contributed by atoms with Crippen LogP contribution < -0.4 is 5.32 Å². The van der Waals surface area contributed by atoms with E-state index in [-0.39, 0.29) is 11.5 Å². The van der Waals surface area contributed by atoms with Crippen LogP contribution in [0.15, 0.2) is 0 Å². The maximum atomic E-state index is 11.1. The Hall–Kier alpha value is -0.610. The number of rotatable bonds is 4. The summed E-state index contributed by atoms with van der Waals surface area (Å²) in [5, 5.41) is 3.33. The van der Waals surface area contributed by atoms with Gasteiger partial charge in [0.2, 0.25) is 0 Å². The number of methoxy groups -OCH3 is 1. The van der Waals surface area contributed by atoms with Gasteiger partial charge in [-0.25, -0.2) is 0 Å². The van der Waals surface area contributed by atoms with Gasteiger partial charge in [0.1, 0.15) is 0 Å². The Bertz CT molecular complexity index is 187. The lowest BCUT2D eigenvalue weighted by Gasteiger charge is -2.42. The Morgan fingerprint density at radius 1 is 1.62 bits per heavy atom. The van der Waals surface area contributed by atoms with Crippen molar-refractivity contribution < 1.29 is 14.3 Å². The van der Waals surface area contributed by atoms with Gasteiger partial charge in [-0.15, -0.1) is 0 Å². The summed E-state index contributed by atoms with van der Waals surface area (Å²) in [7, 11) is 1.41. The van der Waals surface area contributed by atoms with Crippen molar-refractivity contribution in [2.24, 2.45) is 0 Å². The topological polar surface area (TPSA) is 47.6 Å². The van der Waals surface area contributed by atoms with E-state index >= 15 is 0 Å². The maximum Gasteiger partial charge on any atom is 0.307 e. The standard InChI is InChI=1S/C9H17NO3/c1-7(2)10-9(5-13-6-9)4-8(11)12-3/h7,10H,4-6H2,1-3H3.